The molecule has 2 atom stereocenters. The minimum Gasteiger partial charge on any atom is -0.480 e. The van der Waals surface area contributed by atoms with Crippen molar-refractivity contribution in [3.8, 4) is 0 Å². The minimum absolute atomic E-state index is 0.0283. The maximum atomic E-state index is 13.2. The van der Waals surface area contributed by atoms with Crippen LogP contribution in [0.15, 0.2) is 30.3 Å². The van der Waals surface area contributed by atoms with E-state index in [1.54, 1.807) is 12.1 Å². The number of aliphatic carboxylic acids is 1. The molecule has 0 radical (unpaired) electrons. The maximum absolute atomic E-state index is 13.2. The zero-order valence-electron chi connectivity index (χ0n) is 16.4. The molecular formula is C23H29NO4. The monoisotopic (exact) mass is 383 g/mol. The molecule has 1 aromatic rings. The van der Waals surface area contributed by atoms with E-state index in [4.69, 9.17) is 0 Å². The second-order valence-electron chi connectivity index (χ2n) is 9.39. The number of benzene rings is 1. The van der Waals surface area contributed by atoms with Crippen molar-refractivity contribution >= 4 is 17.7 Å². The predicted octanol–water partition coefficient (Wildman–Crippen LogP) is 3.68. The largest absolute Gasteiger partial charge is 0.480 e. The Morgan fingerprint density at radius 3 is 2.07 bits per heavy atom. The molecule has 4 fully saturated rings. The summed E-state index contributed by atoms with van der Waals surface area (Å²) in [4.78, 5) is 37.5. The average Bonchev–Trinajstić information content (AvgIpc) is 2.65. The van der Waals surface area contributed by atoms with Gasteiger partial charge in [-0.15, -0.1) is 0 Å². The summed E-state index contributed by atoms with van der Waals surface area (Å²) in [5.74, 6) is 0.184. The van der Waals surface area contributed by atoms with Gasteiger partial charge in [0.25, 0.3) is 0 Å². The van der Waals surface area contributed by atoms with Crippen molar-refractivity contribution in [2.75, 3.05) is 0 Å². The third kappa shape index (κ3) is 3.59. The molecule has 28 heavy (non-hydrogen) atoms. The quantitative estimate of drug-likeness (QED) is 0.704. The zero-order valence-corrected chi connectivity index (χ0v) is 16.4. The van der Waals surface area contributed by atoms with Crippen LogP contribution in [0.5, 0.6) is 0 Å². The summed E-state index contributed by atoms with van der Waals surface area (Å²) in [5.41, 5.74) is 0.470. The number of hydrogen-bond donors (Lipinski definition) is 2. The summed E-state index contributed by atoms with van der Waals surface area (Å²) in [6, 6.07) is 8.16. The van der Waals surface area contributed by atoms with Gasteiger partial charge in [0, 0.05) is 12.0 Å². The van der Waals surface area contributed by atoms with Crippen molar-refractivity contribution in [3.63, 3.8) is 0 Å². The molecular weight excluding hydrogens is 354 g/mol. The van der Waals surface area contributed by atoms with E-state index in [2.05, 4.69) is 5.32 Å². The van der Waals surface area contributed by atoms with Crippen molar-refractivity contribution in [1.29, 1.82) is 0 Å². The van der Waals surface area contributed by atoms with Gasteiger partial charge in [-0.1, -0.05) is 30.3 Å². The number of Topliss-reactive ketones (excluding diaryl/α,β-unsaturated/α-hetero) is 1. The molecule has 0 unspecified atom stereocenters. The molecule has 4 aliphatic carbocycles. The van der Waals surface area contributed by atoms with E-state index < -0.39 is 17.9 Å². The Morgan fingerprint density at radius 1 is 1.04 bits per heavy atom. The van der Waals surface area contributed by atoms with E-state index in [-0.39, 0.29) is 23.5 Å². The van der Waals surface area contributed by atoms with Crippen molar-refractivity contribution in [1.82, 2.24) is 5.32 Å². The molecule has 1 aromatic carbocycles. The first-order valence-corrected chi connectivity index (χ1v) is 10.5. The van der Waals surface area contributed by atoms with Crippen molar-refractivity contribution in [3.05, 3.63) is 35.9 Å². The molecule has 5 heteroatoms. The molecule has 4 bridgehead atoms. The standard InChI is InChI=1S/C23H29NO4/c1-14(22(27)28)24-21(26)19(10-20(25)18-5-3-2-4-6-18)23-11-15-7-16(12-23)9-17(8-15)13-23/h2-6,14-17,19H,7-13H2,1H3,(H,24,26)(H,27,28)/t14-,15?,16?,17?,19+,23?/m0/s1. The Bertz CT molecular complexity index is 737. The molecule has 0 saturated heterocycles. The van der Waals surface area contributed by atoms with Crippen LogP contribution in [0, 0.1) is 29.1 Å². The fraction of sp³-hybridized carbons (Fsp3) is 0.609. The Labute approximate surface area is 165 Å². The predicted molar refractivity (Wildman–Crippen MR) is 105 cm³/mol. The number of carbonyl (C=O) groups excluding carboxylic acids is 2. The van der Waals surface area contributed by atoms with Gasteiger partial charge in [-0.25, -0.2) is 0 Å². The molecule has 5 nitrogen and oxygen atoms in total. The van der Waals surface area contributed by atoms with E-state index in [1.165, 1.54) is 26.2 Å². The van der Waals surface area contributed by atoms with Gasteiger partial charge in [0.2, 0.25) is 5.91 Å². The lowest BCUT2D eigenvalue weighted by Crippen LogP contribution is -2.55. The first kappa shape index (κ1) is 19.2. The van der Waals surface area contributed by atoms with Gasteiger partial charge in [0.15, 0.2) is 5.78 Å². The van der Waals surface area contributed by atoms with Crippen LogP contribution < -0.4 is 5.32 Å². The highest BCUT2D eigenvalue weighted by Crippen LogP contribution is 2.63. The lowest BCUT2D eigenvalue weighted by molar-refractivity contribution is -0.147. The molecule has 0 aliphatic heterocycles. The summed E-state index contributed by atoms with van der Waals surface area (Å²) >= 11 is 0. The smallest absolute Gasteiger partial charge is 0.325 e. The number of rotatable bonds is 7. The highest BCUT2D eigenvalue weighted by atomic mass is 16.4. The number of carbonyl (C=O) groups is 3. The second kappa shape index (κ2) is 7.34. The van der Waals surface area contributed by atoms with Crippen molar-refractivity contribution in [2.24, 2.45) is 29.1 Å². The van der Waals surface area contributed by atoms with Gasteiger partial charge < -0.3 is 10.4 Å². The normalized spacial score (nSPS) is 32.5. The Morgan fingerprint density at radius 2 is 1.57 bits per heavy atom. The van der Waals surface area contributed by atoms with E-state index in [0.717, 1.165) is 19.3 Å². The fourth-order valence-corrected chi connectivity index (χ4v) is 6.49. The third-order valence-corrected chi connectivity index (χ3v) is 7.36. The third-order valence-electron chi connectivity index (χ3n) is 7.36. The number of ketones is 1. The van der Waals surface area contributed by atoms with Crippen LogP contribution in [0.1, 0.15) is 62.2 Å². The number of carboxylic acids is 1. The van der Waals surface area contributed by atoms with Crippen LogP contribution in [0.4, 0.5) is 0 Å². The molecule has 0 spiro atoms. The summed E-state index contributed by atoms with van der Waals surface area (Å²) in [6.07, 6.45) is 6.93. The molecule has 4 saturated carbocycles. The SMILES string of the molecule is C[C@H](NC(=O)[C@@H](CC(=O)c1ccccc1)C12CC3CC(CC(C3)C1)C2)C(=O)O. The van der Waals surface area contributed by atoms with E-state index >= 15 is 0 Å². The van der Waals surface area contributed by atoms with Gasteiger partial charge in [-0.05, 0) is 68.6 Å². The molecule has 1 amide bonds. The summed E-state index contributed by atoms with van der Waals surface area (Å²) in [5, 5.41) is 11.9. The van der Waals surface area contributed by atoms with Crippen LogP contribution >= 0.6 is 0 Å². The van der Waals surface area contributed by atoms with Gasteiger partial charge in [0.05, 0.1) is 5.92 Å². The summed E-state index contributed by atoms with van der Waals surface area (Å²) < 4.78 is 0. The van der Waals surface area contributed by atoms with E-state index in [0.29, 0.717) is 23.3 Å². The Kier molecular flexibility index (Phi) is 5.02. The van der Waals surface area contributed by atoms with Gasteiger partial charge >= 0.3 is 5.97 Å². The minimum atomic E-state index is -1.05. The van der Waals surface area contributed by atoms with E-state index in [1.807, 2.05) is 18.2 Å². The molecule has 2 N–H and O–H groups in total. The maximum Gasteiger partial charge on any atom is 0.325 e. The van der Waals surface area contributed by atoms with Crippen molar-refractivity contribution < 1.29 is 19.5 Å². The van der Waals surface area contributed by atoms with Gasteiger partial charge in [0.1, 0.15) is 6.04 Å². The van der Waals surface area contributed by atoms with Gasteiger partial charge in [-0.2, -0.15) is 0 Å². The highest BCUT2D eigenvalue weighted by Gasteiger charge is 2.56. The molecule has 5 rings (SSSR count). The number of carboxylic acid groups (broad SMARTS) is 1. The van der Waals surface area contributed by atoms with E-state index in [9.17, 15) is 19.5 Å². The Balaban J connectivity index is 1.61. The lowest BCUT2D eigenvalue weighted by Gasteiger charge is -2.59. The average molecular weight is 383 g/mol. The first-order valence-electron chi connectivity index (χ1n) is 10.5. The number of amides is 1. The van der Waals surface area contributed by atoms with Crippen LogP contribution in [-0.2, 0) is 9.59 Å². The van der Waals surface area contributed by atoms with Crippen LogP contribution in [-0.4, -0.2) is 28.8 Å². The lowest BCUT2D eigenvalue weighted by atomic mass is 9.46. The summed E-state index contributed by atoms with van der Waals surface area (Å²) in [6.45, 7) is 1.48. The molecule has 150 valence electrons. The second-order valence-corrected chi connectivity index (χ2v) is 9.39. The summed E-state index contributed by atoms with van der Waals surface area (Å²) in [7, 11) is 0. The van der Waals surface area contributed by atoms with Crippen LogP contribution in [0.2, 0.25) is 0 Å². The van der Waals surface area contributed by atoms with Gasteiger partial charge in [-0.3, -0.25) is 14.4 Å². The number of hydrogen-bond acceptors (Lipinski definition) is 3. The number of nitrogens with one attached hydrogen (secondary N) is 1. The highest BCUT2D eigenvalue weighted by molar-refractivity contribution is 5.99. The topological polar surface area (TPSA) is 83.5 Å². The fourth-order valence-electron chi connectivity index (χ4n) is 6.49. The Hall–Kier alpha value is -2.17. The molecule has 4 aliphatic rings. The molecule has 0 aromatic heterocycles. The molecule has 0 heterocycles. The first-order chi connectivity index (χ1) is 13.4. The van der Waals surface area contributed by atoms with Crippen LogP contribution in [0.3, 0.4) is 0 Å². The van der Waals surface area contributed by atoms with Crippen molar-refractivity contribution in [2.45, 2.75) is 57.9 Å². The van der Waals surface area contributed by atoms with Crippen LogP contribution in [0.25, 0.3) is 0 Å². The zero-order chi connectivity index (χ0) is 19.9.